The van der Waals surface area contributed by atoms with Gasteiger partial charge in [-0.1, -0.05) is 142 Å². The van der Waals surface area contributed by atoms with Gasteiger partial charge in [0.2, 0.25) is 5.91 Å². The molecule has 0 aliphatic rings. The summed E-state index contributed by atoms with van der Waals surface area (Å²) < 4.78 is 0. The quantitative estimate of drug-likeness (QED) is 0.0685. The molecule has 3 atom stereocenters. The Morgan fingerprint density at radius 1 is 0.694 bits per heavy atom. The number of aliphatic hydroxyl groups excluding tert-OH is 3. The first kappa shape index (κ1) is 35.1. The highest BCUT2D eigenvalue weighted by Gasteiger charge is 2.20. The largest absolute Gasteiger partial charge is 0.394 e. The first-order valence-electron chi connectivity index (χ1n) is 15.5. The van der Waals surface area contributed by atoms with Crippen molar-refractivity contribution in [3.63, 3.8) is 0 Å². The van der Waals surface area contributed by atoms with Crippen molar-refractivity contribution in [1.82, 2.24) is 5.32 Å². The zero-order chi connectivity index (χ0) is 26.7. The second kappa shape index (κ2) is 27.1. The molecule has 0 rings (SSSR count). The van der Waals surface area contributed by atoms with Crippen molar-refractivity contribution in [3.8, 4) is 0 Å². The molecule has 0 aromatic rings. The standard InChI is InChI=1S/C31H61NO4/c1-3-5-7-9-11-12-13-14-15-16-17-19-21-23-25-30(35)29(27-33)32-31(36)26-28(34)24-22-20-18-10-8-6-4-2/h23,25,28-30,33-35H,3-22,24,26-27H2,1-2H3,(H,32,36)/b25-23+. The zero-order valence-corrected chi connectivity index (χ0v) is 23.9. The number of unbranched alkanes of at least 4 members (excludes halogenated alkanes) is 18. The molecule has 3 unspecified atom stereocenters. The second-order valence-electron chi connectivity index (χ2n) is 10.7. The molecule has 0 aliphatic heterocycles. The van der Waals surface area contributed by atoms with Gasteiger partial charge in [-0.15, -0.1) is 0 Å². The second-order valence-corrected chi connectivity index (χ2v) is 10.7. The van der Waals surface area contributed by atoms with E-state index in [0.29, 0.717) is 6.42 Å². The van der Waals surface area contributed by atoms with Gasteiger partial charge in [0.1, 0.15) is 0 Å². The smallest absolute Gasteiger partial charge is 0.222 e. The molecule has 0 aromatic heterocycles. The van der Waals surface area contributed by atoms with E-state index in [-0.39, 0.29) is 18.9 Å². The van der Waals surface area contributed by atoms with Crippen LogP contribution in [0, 0.1) is 0 Å². The van der Waals surface area contributed by atoms with Crippen LogP contribution in [0.1, 0.15) is 155 Å². The van der Waals surface area contributed by atoms with Crippen molar-refractivity contribution in [3.05, 3.63) is 12.2 Å². The van der Waals surface area contributed by atoms with Crippen LogP contribution in [0.4, 0.5) is 0 Å². The summed E-state index contributed by atoms with van der Waals surface area (Å²) in [4.78, 5) is 12.2. The van der Waals surface area contributed by atoms with Crippen LogP contribution in [0.3, 0.4) is 0 Å². The Morgan fingerprint density at radius 2 is 1.14 bits per heavy atom. The summed E-state index contributed by atoms with van der Waals surface area (Å²) in [6, 6.07) is -0.735. The molecule has 0 aliphatic carbocycles. The molecule has 0 bridgehead atoms. The third-order valence-electron chi connectivity index (χ3n) is 7.07. The number of hydrogen-bond acceptors (Lipinski definition) is 4. The van der Waals surface area contributed by atoms with Crippen molar-refractivity contribution in [2.75, 3.05) is 6.61 Å². The van der Waals surface area contributed by atoms with E-state index in [9.17, 15) is 20.1 Å². The van der Waals surface area contributed by atoms with Gasteiger partial charge >= 0.3 is 0 Å². The fourth-order valence-corrected chi connectivity index (χ4v) is 4.63. The normalized spacial score (nSPS) is 14.2. The van der Waals surface area contributed by atoms with Gasteiger partial charge in [-0.3, -0.25) is 4.79 Å². The highest BCUT2D eigenvalue weighted by molar-refractivity contribution is 5.76. The Labute approximate surface area is 223 Å². The maximum atomic E-state index is 12.2. The minimum Gasteiger partial charge on any atom is -0.394 e. The van der Waals surface area contributed by atoms with E-state index in [1.165, 1.54) is 103 Å². The van der Waals surface area contributed by atoms with E-state index in [1.54, 1.807) is 6.08 Å². The number of carbonyl (C=O) groups excluding carboxylic acids is 1. The fraction of sp³-hybridized carbons (Fsp3) is 0.903. The summed E-state index contributed by atoms with van der Waals surface area (Å²) in [5.74, 6) is -0.321. The van der Waals surface area contributed by atoms with E-state index >= 15 is 0 Å². The maximum Gasteiger partial charge on any atom is 0.222 e. The first-order valence-corrected chi connectivity index (χ1v) is 15.5. The third-order valence-corrected chi connectivity index (χ3v) is 7.07. The minimum absolute atomic E-state index is 0.0155. The van der Waals surface area contributed by atoms with Gasteiger partial charge in [0.15, 0.2) is 0 Å². The molecule has 4 N–H and O–H groups in total. The summed E-state index contributed by atoms with van der Waals surface area (Å²) in [6.07, 6.45) is 27.7. The predicted molar refractivity (Wildman–Crippen MR) is 153 cm³/mol. The number of allylic oxidation sites excluding steroid dienone is 1. The SMILES string of the molecule is CCCCCCCCCCCCCC/C=C/C(O)C(CO)NC(=O)CC(O)CCCCCCCCC. The van der Waals surface area contributed by atoms with E-state index in [4.69, 9.17) is 0 Å². The lowest BCUT2D eigenvalue weighted by Crippen LogP contribution is -2.45. The first-order chi connectivity index (χ1) is 17.5. The Kier molecular flexibility index (Phi) is 26.4. The third kappa shape index (κ3) is 23.5. The monoisotopic (exact) mass is 511 g/mol. The van der Waals surface area contributed by atoms with Crippen molar-refractivity contribution >= 4 is 5.91 Å². The number of rotatable bonds is 27. The lowest BCUT2D eigenvalue weighted by Gasteiger charge is -2.21. The van der Waals surface area contributed by atoms with Gasteiger partial charge < -0.3 is 20.6 Å². The van der Waals surface area contributed by atoms with Gasteiger partial charge in [0.25, 0.3) is 0 Å². The molecular formula is C31H61NO4. The molecule has 0 fully saturated rings. The number of hydrogen-bond donors (Lipinski definition) is 4. The van der Waals surface area contributed by atoms with Crippen LogP contribution in [0.2, 0.25) is 0 Å². The molecule has 5 nitrogen and oxygen atoms in total. The summed E-state index contributed by atoms with van der Waals surface area (Å²) in [6.45, 7) is 4.14. The van der Waals surface area contributed by atoms with Gasteiger partial charge in [0.05, 0.1) is 31.3 Å². The topological polar surface area (TPSA) is 89.8 Å². The van der Waals surface area contributed by atoms with Crippen LogP contribution in [-0.2, 0) is 4.79 Å². The molecule has 214 valence electrons. The van der Waals surface area contributed by atoms with E-state index in [1.807, 2.05) is 6.08 Å². The summed E-state index contributed by atoms with van der Waals surface area (Å²) in [5, 5.41) is 32.7. The molecule has 1 amide bonds. The summed E-state index contributed by atoms with van der Waals surface area (Å²) in [7, 11) is 0. The number of aliphatic hydroxyl groups is 3. The van der Waals surface area contributed by atoms with Crippen molar-refractivity contribution in [1.29, 1.82) is 0 Å². The van der Waals surface area contributed by atoms with Crippen molar-refractivity contribution < 1.29 is 20.1 Å². The molecule has 0 heterocycles. The lowest BCUT2D eigenvalue weighted by atomic mass is 10.0. The van der Waals surface area contributed by atoms with Gasteiger partial charge in [-0.25, -0.2) is 0 Å². The Bertz CT molecular complexity index is 497. The number of amides is 1. The molecule has 5 heteroatoms. The van der Waals surface area contributed by atoms with Crippen molar-refractivity contribution in [2.24, 2.45) is 0 Å². The highest BCUT2D eigenvalue weighted by Crippen LogP contribution is 2.13. The maximum absolute atomic E-state index is 12.2. The molecule has 0 aromatic carbocycles. The number of nitrogens with one attached hydrogen (secondary N) is 1. The summed E-state index contributed by atoms with van der Waals surface area (Å²) in [5.41, 5.74) is 0. The lowest BCUT2D eigenvalue weighted by molar-refractivity contribution is -0.124. The zero-order valence-electron chi connectivity index (χ0n) is 23.9. The van der Waals surface area contributed by atoms with Gasteiger partial charge in [0, 0.05) is 0 Å². The van der Waals surface area contributed by atoms with Crippen LogP contribution in [-0.4, -0.2) is 46.1 Å². The molecular weight excluding hydrogens is 450 g/mol. The van der Waals surface area contributed by atoms with E-state index in [0.717, 1.165) is 25.7 Å². The molecule has 0 spiro atoms. The highest BCUT2D eigenvalue weighted by atomic mass is 16.3. The predicted octanol–water partition coefficient (Wildman–Crippen LogP) is 7.36. The Balaban J connectivity index is 3.79. The Morgan fingerprint density at radius 3 is 1.61 bits per heavy atom. The van der Waals surface area contributed by atoms with Crippen LogP contribution < -0.4 is 5.32 Å². The van der Waals surface area contributed by atoms with Crippen molar-refractivity contribution in [2.45, 2.75) is 173 Å². The van der Waals surface area contributed by atoms with Crippen LogP contribution >= 0.6 is 0 Å². The minimum atomic E-state index is -0.920. The molecule has 36 heavy (non-hydrogen) atoms. The average Bonchev–Trinajstić information content (AvgIpc) is 2.86. The molecule has 0 saturated heterocycles. The van der Waals surface area contributed by atoms with Gasteiger partial charge in [-0.2, -0.15) is 0 Å². The van der Waals surface area contributed by atoms with Gasteiger partial charge in [-0.05, 0) is 19.3 Å². The van der Waals surface area contributed by atoms with E-state index in [2.05, 4.69) is 19.2 Å². The van der Waals surface area contributed by atoms with Crippen LogP contribution in [0.5, 0.6) is 0 Å². The number of carbonyl (C=O) groups is 1. The average molecular weight is 512 g/mol. The fourth-order valence-electron chi connectivity index (χ4n) is 4.63. The van der Waals surface area contributed by atoms with Crippen LogP contribution in [0.25, 0.3) is 0 Å². The van der Waals surface area contributed by atoms with Crippen LogP contribution in [0.15, 0.2) is 12.2 Å². The molecule has 0 radical (unpaired) electrons. The molecule has 0 saturated carbocycles. The summed E-state index contributed by atoms with van der Waals surface area (Å²) >= 11 is 0. The van der Waals surface area contributed by atoms with E-state index < -0.39 is 18.2 Å². The Hall–Kier alpha value is -0.910.